The Morgan fingerprint density at radius 2 is 2.03 bits per heavy atom. The summed E-state index contributed by atoms with van der Waals surface area (Å²) in [6, 6.07) is 13.6. The lowest BCUT2D eigenvalue weighted by Crippen LogP contribution is -2.18. The zero-order valence-electron chi connectivity index (χ0n) is 16.3. The fourth-order valence-electron chi connectivity index (χ4n) is 4.33. The van der Waals surface area contributed by atoms with E-state index in [9.17, 15) is 9.59 Å². The van der Waals surface area contributed by atoms with E-state index >= 15 is 0 Å². The van der Waals surface area contributed by atoms with Gasteiger partial charge in [0.05, 0.1) is 17.5 Å². The minimum Gasteiger partial charge on any atom is -0.351 e. The number of nitrogens with one attached hydrogen (secondary N) is 4. The average molecular weight is 410 g/mol. The number of hydrogen-bond donors (Lipinski definition) is 4. The third kappa shape index (κ3) is 2.92. The molecular formula is C23H18N6O2. The van der Waals surface area contributed by atoms with E-state index in [2.05, 4.69) is 42.9 Å². The fraction of sp³-hybridized carbons (Fsp3) is 0.130. The molecule has 2 amide bonds. The number of benzene rings is 2. The van der Waals surface area contributed by atoms with Crippen molar-refractivity contribution in [2.24, 2.45) is 11.0 Å². The van der Waals surface area contributed by atoms with Gasteiger partial charge in [0.1, 0.15) is 0 Å². The monoisotopic (exact) mass is 410 g/mol. The van der Waals surface area contributed by atoms with Gasteiger partial charge in [-0.05, 0) is 30.0 Å². The summed E-state index contributed by atoms with van der Waals surface area (Å²) < 4.78 is 0. The van der Waals surface area contributed by atoms with Crippen molar-refractivity contribution in [1.29, 1.82) is 0 Å². The van der Waals surface area contributed by atoms with Gasteiger partial charge in [-0.15, -0.1) is 0 Å². The number of carbonyl (C=O) groups is 2. The topological polar surface area (TPSA) is 115 Å². The third-order valence-corrected chi connectivity index (χ3v) is 5.90. The lowest BCUT2D eigenvalue weighted by molar-refractivity contribution is -0.117. The number of hydrazone groups is 1. The number of anilines is 1. The summed E-state index contributed by atoms with van der Waals surface area (Å²) in [5, 5.41) is 7.78. The van der Waals surface area contributed by atoms with Crippen LogP contribution in [0.25, 0.3) is 22.4 Å². The van der Waals surface area contributed by atoms with Crippen LogP contribution in [0.2, 0.25) is 0 Å². The van der Waals surface area contributed by atoms with Gasteiger partial charge >= 0.3 is 0 Å². The predicted octanol–water partition coefficient (Wildman–Crippen LogP) is 3.38. The molecule has 4 aromatic rings. The van der Waals surface area contributed by atoms with Crippen molar-refractivity contribution in [3.63, 3.8) is 0 Å². The van der Waals surface area contributed by atoms with E-state index in [4.69, 9.17) is 0 Å². The van der Waals surface area contributed by atoms with Crippen LogP contribution in [0.1, 0.15) is 33.8 Å². The second-order valence-corrected chi connectivity index (χ2v) is 7.85. The minimum absolute atomic E-state index is 0.0382. The smallest absolute Gasteiger partial charge is 0.272 e. The summed E-state index contributed by atoms with van der Waals surface area (Å²) in [4.78, 5) is 36.2. The Labute approximate surface area is 176 Å². The molecule has 2 aromatic carbocycles. The minimum atomic E-state index is -0.324. The van der Waals surface area contributed by atoms with Gasteiger partial charge in [-0.3, -0.25) is 9.59 Å². The molecule has 31 heavy (non-hydrogen) atoms. The SMILES string of the molecule is O=C1NN=Cc2c(-c3ncc[nH]3)[nH]c3cc(NC(=O)[C@@H]4C[C@H]4c4ccccc4)cc1c23. The zero-order valence-corrected chi connectivity index (χ0v) is 16.3. The number of rotatable bonds is 4. The second-order valence-electron chi connectivity index (χ2n) is 7.85. The second kappa shape index (κ2) is 6.66. The molecule has 3 heterocycles. The number of H-pyrrole nitrogens is 2. The molecule has 8 nitrogen and oxygen atoms in total. The maximum absolute atomic E-state index is 12.9. The van der Waals surface area contributed by atoms with Crippen molar-refractivity contribution in [3.05, 3.63) is 71.5 Å². The molecule has 6 rings (SSSR count). The number of carbonyl (C=O) groups excluding carboxylic acids is 2. The van der Waals surface area contributed by atoms with Crippen LogP contribution in [0.4, 0.5) is 5.69 Å². The van der Waals surface area contributed by atoms with Gasteiger partial charge in [0.25, 0.3) is 5.91 Å². The van der Waals surface area contributed by atoms with Gasteiger partial charge < -0.3 is 15.3 Å². The van der Waals surface area contributed by atoms with E-state index in [0.717, 1.165) is 28.6 Å². The molecule has 1 fully saturated rings. The first kappa shape index (κ1) is 17.6. The number of nitrogens with zero attached hydrogens (tertiary/aromatic N) is 2. The van der Waals surface area contributed by atoms with Crippen LogP contribution < -0.4 is 10.7 Å². The molecule has 152 valence electrons. The standard InChI is InChI=1S/C23H18N6O2/c30-22(15-10-14(15)12-4-2-1-3-5-12)27-13-8-16-19-17(11-26-29-23(16)31)20(28-18(19)9-13)21-24-6-7-25-21/h1-9,11,14-15,28H,10H2,(H,24,25)(H,27,30)(H,29,31)/t14-,15+/m0/s1. The van der Waals surface area contributed by atoms with Gasteiger partial charge in [-0.2, -0.15) is 5.10 Å². The number of hydrogen-bond acceptors (Lipinski definition) is 4. The number of aromatic nitrogens is 3. The summed E-state index contributed by atoms with van der Waals surface area (Å²) >= 11 is 0. The van der Waals surface area contributed by atoms with Crippen molar-refractivity contribution in [2.45, 2.75) is 12.3 Å². The van der Waals surface area contributed by atoms with Crippen molar-refractivity contribution >= 4 is 34.6 Å². The number of amides is 2. The Bertz CT molecular complexity index is 1350. The first-order chi connectivity index (χ1) is 15.2. The van der Waals surface area contributed by atoms with Crippen LogP contribution in [0.15, 0.2) is 60.0 Å². The van der Waals surface area contributed by atoms with E-state index in [0.29, 0.717) is 17.1 Å². The van der Waals surface area contributed by atoms with E-state index in [1.807, 2.05) is 24.3 Å². The molecule has 2 atom stereocenters. The molecule has 1 aliphatic heterocycles. The van der Waals surface area contributed by atoms with Crippen molar-refractivity contribution in [1.82, 2.24) is 20.4 Å². The lowest BCUT2D eigenvalue weighted by Gasteiger charge is -2.08. The summed E-state index contributed by atoms with van der Waals surface area (Å²) in [7, 11) is 0. The third-order valence-electron chi connectivity index (χ3n) is 5.90. The molecule has 1 saturated carbocycles. The van der Waals surface area contributed by atoms with Crippen LogP contribution in [0, 0.1) is 5.92 Å². The van der Waals surface area contributed by atoms with E-state index in [1.165, 1.54) is 5.56 Å². The van der Waals surface area contributed by atoms with Gasteiger partial charge in [0.15, 0.2) is 5.82 Å². The maximum Gasteiger partial charge on any atom is 0.272 e. The van der Waals surface area contributed by atoms with Crippen LogP contribution in [-0.4, -0.2) is 33.0 Å². The van der Waals surface area contributed by atoms with Crippen molar-refractivity contribution < 1.29 is 9.59 Å². The molecular weight excluding hydrogens is 392 g/mol. The molecule has 0 spiro atoms. The van der Waals surface area contributed by atoms with Gasteiger partial charge in [0.2, 0.25) is 5.91 Å². The van der Waals surface area contributed by atoms with Gasteiger partial charge in [0, 0.05) is 40.5 Å². The summed E-state index contributed by atoms with van der Waals surface area (Å²) in [5.41, 5.74) is 6.96. The van der Waals surface area contributed by atoms with Crippen LogP contribution >= 0.6 is 0 Å². The van der Waals surface area contributed by atoms with Gasteiger partial charge in [-0.25, -0.2) is 10.4 Å². The van der Waals surface area contributed by atoms with Crippen LogP contribution in [0.5, 0.6) is 0 Å². The van der Waals surface area contributed by atoms with E-state index < -0.39 is 0 Å². The normalized spacial score (nSPS) is 19.2. The Morgan fingerprint density at radius 1 is 1.16 bits per heavy atom. The molecule has 1 aliphatic carbocycles. The summed E-state index contributed by atoms with van der Waals surface area (Å²) in [6.07, 6.45) is 5.83. The zero-order chi connectivity index (χ0) is 20.9. The van der Waals surface area contributed by atoms with Crippen LogP contribution in [-0.2, 0) is 4.79 Å². The molecule has 0 radical (unpaired) electrons. The van der Waals surface area contributed by atoms with Crippen LogP contribution in [0.3, 0.4) is 0 Å². The molecule has 4 N–H and O–H groups in total. The van der Waals surface area contributed by atoms with Crippen molar-refractivity contribution in [3.8, 4) is 11.5 Å². The summed E-state index contributed by atoms with van der Waals surface area (Å²) in [5.74, 6) is 0.462. The maximum atomic E-state index is 12.9. The largest absolute Gasteiger partial charge is 0.351 e. The van der Waals surface area contributed by atoms with E-state index in [1.54, 1.807) is 24.7 Å². The highest BCUT2D eigenvalue weighted by atomic mass is 16.2. The fourth-order valence-corrected chi connectivity index (χ4v) is 4.33. The highest BCUT2D eigenvalue weighted by Crippen LogP contribution is 2.48. The number of aromatic amines is 2. The molecule has 0 unspecified atom stereocenters. The first-order valence-electron chi connectivity index (χ1n) is 10.1. The Balaban J connectivity index is 1.36. The highest BCUT2D eigenvalue weighted by molar-refractivity contribution is 6.18. The quantitative estimate of drug-likeness (QED) is 0.413. The first-order valence-corrected chi connectivity index (χ1v) is 10.1. The Hall–Kier alpha value is -4.20. The summed E-state index contributed by atoms with van der Waals surface area (Å²) in [6.45, 7) is 0. The average Bonchev–Trinajstić information content (AvgIpc) is 3.30. The van der Waals surface area contributed by atoms with Gasteiger partial charge in [-0.1, -0.05) is 30.3 Å². The Kier molecular flexibility index (Phi) is 3.79. The molecule has 2 aliphatic rings. The molecule has 8 heteroatoms. The predicted molar refractivity (Wildman–Crippen MR) is 117 cm³/mol. The Morgan fingerprint density at radius 3 is 2.84 bits per heavy atom. The van der Waals surface area contributed by atoms with E-state index in [-0.39, 0.29) is 23.7 Å². The molecule has 0 bridgehead atoms. The number of imidazole rings is 1. The molecule has 0 saturated heterocycles. The molecule has 2 aromatic heterocycles. The van der Waals surface area contributed by atoms with Crippen molar-refractivity contribution in [2.75, 3.05) is 5.32 Å². The highest BCUT2D eigenvalue weighted by Gasteiger charge is 2.43. The lowest BCUT2D eigenvalue weighted by atomic mass is 10.0.